The molecule has 1 aromatic carbocycles. The molecule has 0 spiro atoms. The first-order chi connectivity index (χ1) is 17.5. The largest absolute Gasteiger partial charge is 0.477 e. The van der Waals surface area contributed by atoms with Gasteiger partial charge in [0.2, 0.25) is 5.88 Å². The maximum atomic E-state index is 11.6. The van der Waals surface area contributed by atoms with Crippen LogP contribution in [0, 0.1) is 11.3 Å². The number of morpholine rings is 1. The Labute approximate surface area is 210 Å². The predicted molar refractivity (Wildman–Crippen MR) is 135 cm³/mol. The number of nitriles is 1. The van der Waals surface area contributed by atoms with E-state index in [0.29, 0.717) is 41.3 Å². The Kier molecular flexibility index (Phi) is 6.58. The van der Waals surface area contributed by atoms with E-state index >= 15 is 0 Å². The van der Waals surface area contributed by atoms with Gasteiger partial charge in [0.25, 0.3) is 0 Å². The summed E-state index contributed by atoms with van der Waals surface area (Å²) in [6, 6.07) is 13.8. The molecule has 0 unspecified atom stereocenters. The smallest absolute Gasteiger partial charge is 0.346 e. The average molecular weight is 503 g/mol. The van der Waals surface area contributed by atoms with Crippen LogP contribution in [0.25, 0.3) is 22.4 Å². The average Bonchev–Trinajstić information content (AvgIpc) is 3.57. The molecule has 3 aromatic heterocycles. The highest BCUT2D eigenvalue weighted by Gasteiger charge is 2.21. The number of pyridine rings is 1. The second-order valence-corrected chi connectivity index (χ2v) is 8.98. The molecule has 3 N–H and O–H groups in total. The SMILES string of the molecule is N#Cc1c(-c2ccoc2)cc(-c2ccc(N3CCOCC3)cc2)nc1OCc1c(N)csc1C(=O)O. The van der Waals surface area contributed by atoms with Gasteiger partial charge in [0.15, 0.2) is 0 Å². The molecule has 10 heteroatoms. The summed E-state index contributed by atoms with van der Waals surface area (Å²) in [5, 5.41) is 21.0. The number of aromatic carboxylic acids is 1. The molecule has 0 amide bonds. The normalized spacial score (nSPS) is 13.4. The van der Waals surface area contributed by atoms with Crippen LogP contribution < -0.4 is 15.4 Å². The second-order valence-electron chi connectivity index (χ2n) is 8.10. The van der Waals surface area contributed by atoms with Crippen molar-refractivity contribution in [3.8, 4) is 34.3 Å². The van der Waals surface area contributed by atoms with Crippen LogP contribution in [-0.4, -0.2) is 42.4 Å². The summed E-state index contributed by atoms with van der Waals surface area (Å²) in [4.78, 5) is 18.6. The molecule has 36 heavy (non-hydrogen) atoms. The number of anilines is 2. The third-order valence-electron chi connectivity index (χ3n) is 5.94. The van der Waals surface area contributed by atoms with Gasteiger partial charge in [-0.25, -0.2) is 9.78 Å². The van der Waals surface area contributed by atoms with E-state index in [0.717, 1.165) is 35.7 Å². The molecule has 182 valence electrons. The first-order valence-corrected chi connectivity index (χ1v) is 12.1. The monoisotopic (exact) mass is 502 g/mol. The lowest BCUT2D eigenvalue weighted by Gasteiger charge is -2.28. The summed E-state index contributed by atoms with van der Waals surface area (Å²) in [7, 11) is 0. The number of carboxylic acids is 1. The van der Waals surface area contributed by atoms with Crippen molar-refractivity contribution in [2.75, 3.05) is 36.9 Å². The lowest BCUT2D eigenvalue weighted by molar-refractivity contribution is 0.0699. The maximum absolute atomic E-state index is 11.6. The number of thiophene rings is 1. The van der Waals surface area contributed by atoms with Crippen molar-refractivity contribution in [1.82, 2.24) is 4.98 Å². The van der Waals surface area contributed by atoms with Crippen molar-refractivity contribution in [3.63, 3.8) is 0 Å². The van der Waals surface area contributed by atoms with Crippen molar-refractivity contribution in [2.24, 2.45) is 0 Å². The van der Waals surface area contributed by atoms with Gasteiger partial charge in [-0.3, -0.25) is 0 Å². The number of furan rings is 1. The number of carboxylic acid groups (broad SMARTS) is 1. The first-order valence-electron chi connectivity index (χ1n) is 11.2. The highest BCUT2D eigenvalue weighted by atomic mass is 32.1. The van der Waals surface area contributed by atoms with Gasteiger partial charge >= 0.3 is 5.97 Å². The molecular weight excluding hydrogens is 480 g/mol. The predicted octanol–water partition coefficient (Wildman–Crippen LogP) is 4.64. The molecule has 0 radical (unpaired) electrons. The van der Waals surface area contributed by atoms with Crippen LogP contribution in [0.4, 0.5) is 11.4 Å². The van der Waals surface area contributed by atoms with Crippen LogP contribution in [0.1, 0.15) is 20.8 Å². The summed E-state index contributed by atoms with van der Waals surface area (Å²) in [6.45, 7) is 2.93. The molecule has 0 atom stereocenters. The lowest BCUT2D eigenvalue weighted by atomic mass is 10.0. The van der Waals surface area contributed by atoms with E-state index in [-0.39, 0.29) is 22.9 Å². The molecule has 1 fully saturated rings. The quantitative estimate of drug-likeness (QED) is 0.370. The molecule has 0 aliphatic carbocycles. The van der Waals surface area contributed by atoms with Crippen LogP contribution in [0.2, 0.25) is 0 Å². The number of aromatic nitrogens is 1. The number of nitrogens with zero attached hydrogens (tertiary/aromatic N) is 3. The Morgan fingerprint density at radius 2 is 2.00 bits per heavy atom. The Hall–Kier alpha value is -4.33. The van der Waals surface area contributed by atoms with E-state index in [4.69, 9.17) is 19.6 Å². The van der Waals surface area contributed by atoms with E-state index in [1.54, 1.807) is 17.7 Å². The molecule has 0 saturated carbocycles. The number of hydrogen-bond donors (Lipinski definition) is 2. The van der Waals surface area contributed by atoms with E-state index < -0.39 is 5.97 Å². The third-order valence-corrected chi connectivity index (χ3v) is 6.97. The number of hydrogen-bond acceptors (Lipinski definition) is 9. The van der Waals surface area contributed by atoms with Crippen molar-refractivity contribution in [3.05, 3.63) is 70.3 Å². The molecule has 9 nitrogen and oxygen atoms in total. The summed E-state index contributed by atoms with van der Waals surface area (Å²) < 4.78 is 16.6. The molecule has 4 heterocycles. The zero-order chi connectivity index (χ0) is 25.1. The molecule has 4 aromatic rings. The van der Waals surface area contributed by atoms with Crippen LogP contribution in [0.15, 0.2) is 58.7 Å². The number of benzene rings is 1. The van der Waals surface area contributed by atoms with Crippen LogP contribution >= 0.6 is 11.3 Å². The Morgan fingerprint density at radius 1 is 1.22 bits per heavy atom. The standard InChI is InChI=1S/C26H22N4O5S/c27-12-20-19(17-5-8-34-13-17)11-23(16-1-3-18(4-2-16)30-6-9-33-10-7-30)29-25(20)35-14-21-22(28)15-36-24(21)26(31)32/h1-5,8,11,13,15H,6-7,9-10,14,28H2,(H,31,32). The minimum absolute atomic E-state index is 0.0883. The van der Waals surface area contributed by atoms with Gasteiger partial charge in [-0.2, -0.15) is 5.26 Å². The fourth-order valence-electron chi connectivity index (χ4n) is 4.06. The molecule has 1 aliphatic heterocycles. The Morgan fingerprint density at radius 3 is 2.67 bits per heavy atom. The Bertz CT molecular complexity index is 1420. The number of rotatable bonds is 7. The van der Waals surface area contributed by atoms with Gasteiger partial charge in [0.05, 0.1) is 31.4 Å². The van der Waals surface area contributed by atoms with E-state index in [1.165, 1.54) is 6.26 Å². The van der Waals surface area contributed by atoms with E-state index in [9.17, 15) is 15.2 Å². The van der Waals surface area contributed by atoms with Crippen molar-refractivity contribution >= 4 is 28.7 Å². The van der Waals surface area contributed by atoms with Gasteiger partial charge in [-0.15, -0.1) is 11.3 Å². The molecule has 5 rings (SSSR count). The van der Waals surface area contributed by atoms with Crippen molar-refractivity contribution in [2.45, 2.75) is 6.61 Å². The number of carbonyl (C=O) groups is 1. The highest BCUT2D eigenvalue weighted by Crippen LogP contribution is 2.35. The second kappa shape index (κ2) is 10.1. The van der Waals surface area contributed by atoms with Crippen LogP contribution in [-0.2, 0) is 11.3 Å². The van der Waals surface area contributed by atoms with Crippen LogP contribution in [0.3, 0.4) is 0 Å². The van der Waals surface area contributed by atoms with Gasteiger partial charge in [-0.1, -0.05) is 12.1 Å². The first kappa shape index (κ1) is 23.4. The molecule has 1 aliphatic rings. The fraction of sp³-hybridized carbons (Fsp3) is 0.192. The molecule has 0 bridgehead atoms. The van der Waals surface area contributed by atoms with Gasteiger partial charge in [-0.05, 0) is 24.3 Å². The fourth-order valence-corrected chi connectivity index (χ4v) is 4.86. The van der Waals surface area contributed by atoms with E-state index in [1.807, 2.05) is 30.3 Å². The summed E-state index contributed by atoms with van der Waals surface area (Å²) in [6.07, 6.45) is 3.07. The lowest BCUT2D eigenvalue weighted by Crippen LogP contribution is -2.36. The van der Waals surface area contributed by atoms with Gasteiger partial charge < -0.3 is 29.6 Å². The van der Waals surface area contributed by atoms with Gasteiger partial charge in [0.1, 0.15) is 23.1 Å². The number of nitrogens with two attached hydrogens (primary N) is 1. The summed E-state index contributed by atoms with van der Waals surface area (Å²) >= 11 is 1.03. The Balaban J connectivity index is 1.52. The van der Waals surface area contributed by atoms with Gasteiger partial charge in [0, 0.05) is 52.1 Å². The number of ether oxygens (including phenoxy) is 2. The number of nitrogen functional groups attached to an aromatic ring is 1. The molecule has 1 saturated heterocycles. The summed E-state index contributed by atoms with van der Waals surface area (Å²) in [5.41, 5.74) is 10.7. The minimum Gasteiger partial charge on any atom is -0.477 e. The minimum atomic E-state index is -1.09. The highest BCUT2D eigenvalue weighted by molar-refractivity contribution is 7.12. The third kappa shape index (κ3) is 4.62. The molecular formula is C26H22N4O5S. The van der Waals surface area contributed by atoms with Crippen molar-refractivity contribution in [1.29, 1.82) is 5.26 Å². The van der Waals surface area contributed by atoms with E-state index in [2.05, 4.69) is 16.0 Å². The topological polar surface area (TPSA) is 135 Å². The summed E-state index contributed by atoms with van der Waals surface area (Å²) in [5.74, 6) is -0.998. The zero-order valence-electron chi connectivity index (χ0n) is 19.1. The zero-order valence-corrected chi connectivity index (χ0v) is 20.0. The maximum Gasteiger partial charge on any atom is 0.346 e. The van der Waals surface area contributed by atoms with Crippen molar-refractivity contribution < 1.29 is 23.8 Å². The van der Waals surface area contributed by atoms with Crippen LogP contribution in [0.5, 0.6) is 5.88 Å².